The molecule has 0 aromatic heterocycles. The number of aryl methyl sites for hydroxylation is 1. The number of benzene rings is 1. The van der Waals surface area contributed by atoms with E-state index in [-0.39, 0.29) is 6.04 Å². The number of hydrogen-bond donors (Lipinski definition) is 2. The molecule has 3 nitrogen and oxygen atoms in total. The van der Waals surface area contributed by atoms with Crippen LogP contribution in [-0.4, -0.2) is 13.2 Å². The van der Waals surface area contributed by atoms with Crippen molar-refractivity contribution in [3.8, 4) is 5.75 Å². The molecule has 0 fully saturated rings. The fourth-order valence-electron chi connectivity index (χ4n) is 1.86. The summed E-state index contributed by atoms with van der Waals surface area (Å²) in [6.07, 6.45) is 2.99. The molecule has 0 amide bonds. The van der Waals surface area contributed by atoms with Gasteiger partial charge in [-0.15, -0.1) is 0 Å². The normalized spacial score (nSPS) is 12.5. The lowest BCUT2D eigenvalue weighted by molar-refractivity contribution is 0.312. The van der Waals surface area contributed by atoms with Crippen LogP contribution in [0.1, 0.15) is 43.9 Å². The highest BCUT2D eigenvalue weighted by Gasteiger charge is 2.15. The molecule has 0 aliphatic rings. The number of nitrogens with two attached hydrogens (primary N) is 2. The molecule has 102 valence electrons. The number of rotatable bonds is 7. The van der Waals surface area contributed by atoms with Gasteiger partial charge < -0.3 is 16.2 Å². The van der Waals surface area contributed by atoms with Crippen LogP contribution in [0.4, 0.5) is 0 Å². The van der Waals surface area contributed by atoms with E-state index in [9.17, 15) is 0 Å². The molecule has 1 aromatic rings. The predicted octanol–water partition coefficient (Wildman–Crippen LogP) is 3.04. The molecule has 0 saturated carbocycles. The van der Waals surface area contributed by atoms with Gasteiger partial charge in [-0.1, -0.05) is 37.9 Å². The molecule has 0 saturated heterocycles. The van der Waals surface area contributed by atoms with Crippen LogP contribution in [0.5, 0.6) is 5.75 Å². The minimum atomic E-state index is -0.230. The Morgan fingerprint density at radius 2 is 2.00 bits per heavy atom. The number of ether oxygens (including phenoxy) is 1. The largest absolute Gasteiger partial charge is 0.492 e. The highest BCUT2D eigenvalue weighted by molar-refractivity contribution is 6.32. The van der Waals surface area contributed by atoms with Crippen molar-refractivity contribution in [2.24, 2.45) is 11.5 Å². The van der Waals surface area contributed by atoms with Crippen molar-refractivity contribution in [1.82, 2.24) is 0 Å². The molecule has 0 bridgehead atoms. The molecule has 0 aliphatic heterocycles. The van der Waals surface area contributed by atoms with Gasteiger partial charge in [-0.3, -0.25) is 0 Å². The smallest absolute Gasteiger partial charge is 0.142 e. The Kier molecular flexibility index (Phi) is 6.47. The van der Waals surface area contributed by atoms with Gasteiger partial charge in [0.1, 0.15) is 5.75 Å². The van der Waals surface area contributed by atoms with Crippen LogP contribution in [-0.2, 0) is 6.42 Å². The van der Waals surface area contributed by atoms with Gasteiger partial charge in [0, 0.05) is 18.2 Å². The number of hydrogen-bond acceptors (Lipinski definition) is 3. The van der Waals surface area contributed by atoms with Crippen molar-refractivity contribution in [2.45, 2.75) is 39.2 Å². The second-order valence-corrected chi connectivity index (χ2v) is 4.84. The van der Waals surface area contributed by atoms with Crippen LogP contribution >= 0.6 is 11.6 Å². The van der Waals surface area contributed by atoms with Gasteiger partial charge >= 0.3 is 0 Å². The first-order chi connectivity index (χ1) is 8.63. The lowest BCUT2D eigenvalue weighted by Crippen LogP contribution is -2.22. The van der Waals surface area contributed by atoms with E-state index in [2.05, 4.69) is 19.9 Å². The summed E-state index contributed by atoms with van der Waals surface area (Å²) in [5, 5.41) is 0.633. The summed E-state index contributed by atoms with van der Waals surface area (Å²) in [4.78, 5) is 0. The monoisotopic (exact) mass is 270 g/mol. The topological polar surface area (TPSA) is 61.3 Å². The summed E-state index contributed by atoms with van der Waals surface area (Å²) in [7, 11) is 0. The zero-order valence-corrected chi connectivity index (χ0v) is 12.0. The van der Waals surface area contributed by atoms with Gasteiger partial charge in [0.05, 0.1) is 11.6 Å². The number of halogens is 1. The van der Waals surface area contributed by atoms with Gasteiger partial charge in [-0.05, 0) is 24.5 Å². The summed E-state index contributed by atoms with van der Waals surface area (Å²) in [5.41, 5.74) is 13.8. The average Bonchev–Trinajstić information content (AvgIpc) is 2.36. The molecule has 1 unspecified atom stereocenters. The van der Waals surface area contributed by atoms with Crippen LogP contribution in [0.3, 0.4) is 0 Å². The van der Waals surface area contributed by atoms with Crippen molar-refractivity contribution < 1.29 is 4.74 Å². The van der Waals surface area contributed by atoms with E-state index < -0.39 is 0 Å². The summed E-state index contributed by atoms with van der Waals surface area (Å²) < 4.78 is 5.71. The minimum absolute atomic E-state index is 0.230. The Morgan fingerprint density at radius 1 is 1.28 bits per heavy atom. The standard InChI is InChI=1S/C14H23ClN2O/c1-3-5-10-7-11(13(17)9-16)14(12(15)8-10)18-6-4-2/h7-8,13H,3-6,9,16-17H2,1-2H3. The summed E-state index contributed by atoms with van der Waals surface area (Å²) >= 11 is 6.29. The molecule has 4 N–H and O–H groups in total. The SMILES string of the molecule is CCCOc1c(Cl)cc(CCC)cc1C(N)CN. The molecule has 0 spiro atoms. The van der Waals surface area contributed by atoms with Gasteiger partial charge in [-0.2, -0.15) is 0 Å². The first kappa shape index (κ1) is 15.3. The molecule has 1 aromatic carbocycles. The van der Waals surface area contributed by atoms with Crippen molar-refractivity contribution >= 4 is 11.6 Å². The molecule has 0 radical (unpaired) electrons. The van der Waals surface area contributed by atoms with Gasteiger partial charge in [0.25, 0.3) is 0 Å². The Hall–Kier alpha value is -0.770. The first-order valence-corrected chi connectivity index (χ1v) is 6.92. The van der Waals surface area contributed by atoms with Crippen molar-refractivity contribution in [2.75, 3.05) is 13.2 Å². The van der Waals surface area contributed by atoms with Crippen LogP contribution in [0.25, 0.3) is 0 Å². The van der Waals surface area contributed by atoms with Crippen molar-refractivity contribution in [3.05, 3.63) is 28.3 Å². The van der Waals surface area contributed by atoms with E-state index in [1.54, 1.807) is 0 Å². The van der Waals surface area contributed by atoms with Crippen LogP contribution < -0.4 is 16.2 Å². The second-order valence-electron chi connectivity index (χ2n) is 4.44. The summed E-state index contributed by atoms with van der Waals surface area (Å²) in [6.45, 7) is 5.21. The molecular formula is C14H23ClN2O. The maximum absolute atomic E-state index is 6.29. The van der Waals surface area contributed by atoms with Crippen molar-refractivity contribution in [3.63, 3.8) is 0 Å². The predicted molar refractivity (Wildman–Crippen MR) is 77.2 cm³/mol. The third-order valence-corrected chi connectivity index (χ3v) is 3.06. The molecule has 0 aliphatic carbocycles. The second kappa shape index (κ2) is 7.62. The fraction of sp³-hybridized carbons (Fsp3) is 0.571. The van der Waals surface area contributed by atoms with Crippen LogP contribution in [0.15, 0.2) is 12.1 Å². The fourth-order valence-corrected chi connectivity index (χ4v) is 2.17. The van der Waals surface area contributed by atoms with Gasteiger partial charge in [0.15, 0.2) is 0 Å². The molecular weight excluding hydrogens is 248 g/mol. The lowest BCUT2D eigenvalue weighted by atomic mass is 10.0. The quantitative estimate of drug-likeness (QED) is 0.801. The molecule has 1 rings (SSSR count). The van der Waals surface area contributed by atoms with E-state index >= 15 is 0 Å². The maximum atomic E-state index is 6.29. The lowest BCUT2D eigenvalue weighted by Gasteiger charge is -2.18. The zero-order chi connectivity index (χ0) is 13.5. The average molecular weight is 271 g/mol. The van der Waals surface area contributed by atoms with Crippen LogP contribution in [0.2, 0.25) is 5.02 Å². The third-order valence-electron chi connectivity index (χ3n) is 2.77. The highest BCUT2D eigenvalue weighted by Crippen LogP contribution is 2.34. The van der Waals surface area contributed by atoms with Crippen molar-refractivity contribution in [1.29, 1.82) is 0 Å². The van der Waals surface area contributed by atoms with Gasteiger partial charge in [-0.25, -0.2) is 0 Å². The first-order valence-electron chi connectivity index (χ1n) is 6.54. The maximum Gasteiger partial charge on any atom is 0.142 e. The molecule has 0 heterocycles. The van der Waals surface area contributed by atoms with E-state index in [1.165, 1.54) is 5.56 Å². The third kappa shape index (κ3) is 3.87. The Morgan fingerprint density at radius 3 is 2.56 bits per heavy atom. The van der Waals surface area contributed by atoms with E-state index in [1.807, 2.05) is 6.07 Å². The van der Waals surface area contributed by atoms with Gasteiger partial charge in [0.2, 0.25) is 0 Å². The minimum Gasteiger partial charge on any atom is -0.492 e. The summed E-state index contributed by atoms with van der Waals surface area (Å²) in [6, 6.07) is 3.80. The Bertz CT molecular complexity index is 382. The Balaban J connectivity index is 3.12. The van der Waals surface area contributed by atoms with E-state index in [0.29, 0.717) is 23.9 Å². The van der Waals surface area contributed by atoms with E-state index in [0.717, 1.165) is 24.8 Å². The highest BCUT2D eigenvalue weighted by atomic mass is 35.5. The molecule has 18 heavy (non-hydrogen) atoms. The Labute approximate surface area is 114 Å². The summed E-state index contributed by atoms with van der Waals surface area (Å²) in [5.74, 6) is 0.691. The van der Waals surface area contributed by atoms with Crippen LogP contribution in [0, 0.1) is 0 Å². The van der Waals surface area contributed by atoms with E-state index in [4.69, 9.17) is 27.8 Å². The molecule has 1 atom stereocenters. The zero-order valence-electron chi connectivity index (χ0n) is 11.2. The molecule has 4 heteroatoms.